The number of hydrogen-bond acceptors (Lipinski definition) is 4. The maximum atomic E-state index is 12.2. The van der Waals surface area contributed by atoms with Crippen LogP contribution in [0.3, 0.4) is 0 Å². The zero-order valence-corrected chi connectivity index (χ0v) is 11.8. The predicted octanol–water partition coefficient (Wildman–Crippen LogP) is 2.36. The average Bonchev–Trinajstić information content (AvgIpc) is 2.79. The molecule has 2 aromatic carbocycles. The van der Waals surface area contributed by atoms with E-state index >= 15 is 0 Å². The van der Waals surface area contributed by atoms with E-state index in [0.29, 0.717) is 28.0 Å². The van der Waals surface area contributed by atoms with Crippen LogP contribution in [0.15, 0.2) is 48.5 Å². The fourth-order valence-corrected chi connectivity index (χ4v) is 2.47. The summed E-state index contributed by atoms with van der Waals surface area (Å²) < 4.78 is 5.46. The molecule has 0 heterocycles. The number of ether oxygens (including phenoxy) is 1. The molecule has 4 heteroatoms. The topological polar surface area (TPSA) is 63.6 Å². The first-order valence-corrected chi connectivity index (χ1v) is 6.95. The zero-order valence-electron chi connectivity index (χ0n) is 11.8. The molecule has 0 aromatic heterocycles. The van der Waals surface area contributed by atoms with Gasteiger partial charge in [-0.3, -0.25) is 9.59 Å². The molecule has 110 valence electrons. The second-order valence-electron chi connectivity index (χ2n) is 4.87. The molecule has 0 aliphatic heterocycles. The molecule has 0 spiro atoms. The Morgan fingerprint density at radius 3 is 2.36 bits per heavy atom. The van der Waals surface area contributed by atoms with Crippen LogP contribution in [0, 0.1) is 0 Å². The number of para-hydroxylation sites is 1. The maximum absolute atomic E-state index is 12.2. The van der Waals surface area contributed by atoms with Gasteiger partial charge in [0.25, 0.3) is 0 Å². The van der Waals surface area contributed by atoms with Crippen LogP contribution >= 0.6 is 0 Å². The number of rotatable bonds is 4. The van der Waals surface area contributed by atoms with Gasteiger partial charge in [-0.2, -0.15) is 0 Å². The number of aliphatic hydroxyl groups is 1. The molecule has 0 amide bonds. The molecule has 22 heavy (non-hydrogen) atoms. The van der Waals surface area contributed by atoms with E-state index in [1.54, 1.807) is 42.5 Å². The van der Waals surface area contributed by atoms with Crippen LogP contribution in [-0.4, -0.2) is 29.9 Å². The monoisotopic (exact) mass is 294 g/mol. The minimum absolute atomic E-state index is 0.0921. The van der Waals surface area contributed by atoms with Crippen molar-refractivity contribution in [2.45, 2.75) is 0 Å². The molecule has 2 aromatic rings. The van der Waals surface area contributed by atoms with Crippen molar-refractivity contribution in [3.05, 3.63) is 65.2 Å². The fourth-order valence-electron chi connectivity index (χ4n) is 2.47. The zero-order chi connectivity index (χ0) is 15.5. The number of benzene rings is 2. The third-order valence-electron chi connectivity index (χ3n) is 3.48. The molecule has 0 saturated carbocycles. The maximum Gasteiger partial charge on any atom is 0.234 e. The summed E-state index contributed by atoms with van der Waals surface area (Å²) in [6.45, 7) is 0.0782. The summed E-state index contributed by atoms with van der Waals surface area (Å²) in [5.74, 6) is -0.414. The van der Waals surface area contributed by atoms with Gasteiger partial charge in [0.05, 0.1) is 6.61 Å². The highest BCUT2D eigenvalue weighted by molar-refractivity contribution is 6.64. The number of ketones is 2. The summed E-state index contributed by atoms with van der Waals surface area (Å²) >= 11 is 0. The number of fused-ring (bicyclic) bond motifs is 1. The van der Waals surface area contributed by atoms with Gasteiger partial charge in [0.2, 0.25) is 11.6 Å². The van der Waals surface area contributed by atoms with Crippen LogP contribution in [0.1, 0.15) is 21.5 Å². The van der Waals surface area contributed by atoms with Crippen LogP contribution in [0.25, 0.3) is 11.6 Å². The summed E-state index contributed by atoms with van der Waals surface area (Å²) in [7, 11) is 0. The Morgan fingerprint density at radius 2 is 1.59 bits per heavy atom. The van der Waals surface area contributed by atoms with Gasteiger partial charge in [0.1, 0.15) is 12.4 Å². The van der Waals surface area contributed by atoms with E-state index in [1.165, 1.54) is 0 Å². The number of carbonyl (C=O) groups excluding carboxylic acids is 2. The molecular formula is C18H14O4. The SMILES string of the molecule is O=C1C(=O)c2ccccc2C1=Cc1ccccc1OCCO. The smallest absolute Gasteiger partial charge is 0.234 e. The number of aliphatic hydroxyl groups excluding tert-OH is 1. The normalized spacial score (nSPS) is 15.2. The Morgan fingerprint density at radius 1 is 0.909 bits per heavy atom. The second-order valence-corrected chi connectivity index (χ2v) is 4.87. The first kappa shape index (κ1) is 14.2. The first-order chi connectivity index (χ1) is 10.7. The second kappa shape index (κ2) is 5.95. The number of carbonyl (C=O) groups is 2. The van der Waals surface area contributed by atoms with E-state index in [2.05, 4.69) is 0 Å². The van der Waals surface area contributed by atoms with E-state index in [0.717, 1.165) is 0 Å². The van der Waals surface area contributed by atoms with Gasteiger partial charge in [0.15, 0.2) is 0 Å². The molecule has 0 radical (unpaired) electrons. The lowest BCUT2D eigenvalue weighted by Crippen LogP contribution is -2.06. The summed E-state index contributed by atoms with van der Waals surface area (Å²) in [6, 6.07) is 14.2. The van der Waals surface area contributed by atoms with Gasteiger partial charge < -0.3 is 9.84 Å². The molecular weight excluding hydrogens is 280 g/mol. The number of allylic oxidation sites excluding steroid dienone is 1. The van der Waals surface area contributed by atoms with E-state index in [1.807, 2.05) is 12.1 Å². The molecule has 0 atom stereocenters. The third kappa shape index (κ3) is 2.44. The molecule has 0 fully saturated rings. The number of Topliss-reactive ketones (excluding diaryl/α,β-unsaturated/α-hetero) is 2. The molecule has 0 unspecified atom stereocenters. The molecule has 0 bridgehead atoms. The summed E-state index contributed by atoms with van der Waals surface area (Å²) in [5.41, 5.74) is 2.16. The standard InChI is InChI=1S/C18H14O4/c19-9-10-22-16-8-4-1-5-12(16)11-15-13-6-2-3-7-14(13)17(20)18(15)21/h1-8,11,19H,9-10H2. The lowest BCUT2D eigenvalue weighted by molar-refractivity contribution is -0.109. The molecule has 1 aliphatic rings. The third-order valence-corrected chi connectivity index (χ3v) is 3.48. The minimum Gasteiger partial charge on any atom is -0.491 e. The summed E-state index contributed by atoms with van der Waals surface area (Å²) in [5, 5.41) is 8.87. The first-order valence-electron chi connectivity index (χ1n) is 6.95. The molecule has 0 saturated heterocycles. The highest BCUT2D eigenvalue weighted by Gasteiger charge is 2.32. The lowest BCUT2D eigenvalue weighted by Gasteiger charge is -2.08. The molecule has 1 N–H and O–H groups in total. The highest BCUT2D eigenvalue weighted by Crippen LogP contribution is 2.32. The van der Waals surface area contributed by atoms with Crippen LogP contribution in [-0.2, 0) is 4.79 Å². The minimum atomic E-state index is -0.502. The summed E-state index contributed by atoms with van der Waals surface area (Å²) in [6.07, 6.45) is 1.67. The summed E-state index contributed by atoms with van der Waals surface area (Å²) in [4.78, 5) is 24.2. The van der Waals surface area contributed by atoms with Crippen molar-refractivity contribution in [3.8, 4) is 5.75 Å². The van der Waals surface area contributed by atoms with Crippen molar-refractivity contribution < 1.29 is 19.4 Å². The quantitative estimate of drug-likeness (QED) is 0.694. The van der Waals surface area contributed by atoms with Crippen molar-refractivity contribution in [1.82, 2.24) is 0 Å². The number of hydrogen-bond donors (Lipinski definition) is 1. The van der Waals surface area contributed by atoms with E-state index in [-0.39, 0.29) is 13.2 Å². The Kier molecular flexibility index (Phi) is 3.85. The van der Waals surface area contributed by atoms with Crippen molar-refractivity contribution >= 4 is 23.2 Å². The average molecular weight is 294 g/mol. The van der Waals surface area contributed by atoms with Gasteiger partial charge >= 0.3 is 0 Å². The van der Waals surface area contributed by atoms with Crippen molar-refractivity contribution in [2.24, 2.45) is 0 Å². The Balaban J connectivity index is 2.06. The van der Waals surface area contributed by atoms with Crippen LogP contribution in [0.2, 0.25) is 0 Å². The molecule has 4 nitrogen and oxygen atoms in total. The van der Waals surface area contributed by atoms with E-state index < -0.39 is 11.6 Å². The predicted molar refractivity (Wildman–Crippen MR) is 82.7 cm³/mol. The van der Waals surface area contributed by atoms with E-state index in [4.69, 9.17) is 9.84 Å². The van der Waals surface area contributed by atoms with Crippen LogP contribution in [0.4, 0.5) is 0 Å². The largest absolute Gasteiger partial charge is 0.491 e. The van der Waals surface area contributed by atoms with Crippen molar-refractivity contribution in [3.63, 3.8) is 0 Å². The lowest BCUT2D eigenvalue weighted by atomic mass is 10.0. The van der Waals surface area contributed by atoms with Crippen molar-refractivity contribution in [1.29, 1.82) is 0 Å². The van der Waals surface area contributed by atoms with Gasteiger partial charge in [-0.25, -0.2) is 0 Å². The Hall–Kier alpha value is -2.72. The van der Waals surface area contributed by atoms with Crippen LogP contribution in [0.5, 0.6) is 5.75 Å². The van der Waals surface area contributed by atoms with Gasteiger partial charge in [-0.15, -0.1) is 0 Å². The molecule has 1 aliphatic carbocycles. The molecule has 3 rings (SSSR count). The van der Waals surface area contributed by atoms with Crippen molar-refractivity contribution in [2.75, 3.05) is 13.2 Å². The fraction of sp³-hybridized carbons (Fsp3) is 0.111. The van der Waals surface area contributed by atoms with E-state index in [9.17, 15) is 9.59 Å². The van der Waals surface area contributed by atoms with Gasteiger partial charge in [-0.05, 0) is 17.7 Å². The van der Waals surface area contributed by atoms with Gasteiger partial charge in [0, 0.05) is 16.7 Å². The van der Waals surface area contributed by atoms with Gasteiger partial charge in [-0.1, -0.05) is 42.5 Å². The van der Waals surface area contributed by atoms with Crippen LogP contribution < -0.4 is 4.74 Å². The Labute approximate surface area is 127 Å². The Bertz CT molecular complexity index is 774. The highest BCUT2D eigenvalue weighted by atomic mass is 16.5.